The number of unbranched alkanes of at least 4 members (excludes halogenated alkanes) is 1. The Labute approximate surface area is 353 Å². The number of nitrogens with two attached hydrogens (primary N) is 1. The van der Waals surface area contributed by atoms with E-state index in [1.54, 1.807) is 0 Å². The van der Waals surface area contributed by atoms with Crippen LogP contribution in [0.25, 0.3) is 0 Å². The van der Waals surface area contributed by atoms with Crippen molar-refractivity contribution in [3.63, 3.8) is 0 Å². The largest absolute Gasteiger partial charge is 0.330 e. The molecule has 9 heteroatoms. The molecule has 0 aromatic rings. The molecule has 0 aromatic carbocycles. The van der Waals surface area contributed by atoms with Crippen LogP contribution in [0.2, 0.25) is 0 Å². The number of hydrogen-bond donors (Lipinski definition) is 1. The van der Waals surface area contributed by atoms with Gasteiger partial charge in [0.05, 0.1) is 0 Å². The van der Waals surface area contributed by atoms with Crippen molar-refractivity contribution in [1.29, 1.82) is 0 Å². The second-order valence-corrected chi connectivity index (χ2v) is 7.43. The van der Waals surface area contributed by atoms with E-state index in [9.17, 15) is 0 Å². The van der Waals surface area contributed by atoms with Crippen molar-refractivity contribution in [1.82, 2.24) is 19.6 Å². The quantitative estimate of drug-likeness (QED) is 0.247. The van der Waals surface area contributed by atoms with Gasteiger partial charge in [0.2, 0.25) is 0 Å². The summed E-state index contributed by atoms with van der Waals surface area (Å²) in [6, 6.07) is 0. The van der Waals surface area contributed by atoms with Gasteiger partial charge in [-0.1, -0.05) is 77.2 Å². The van der Waals surface area contributed by atoms with E-state index in [0.717, 1.165) is 32.7 Å². The number of nitrogens with zero attached hydrogens (tertiary/aromatic N) is 4. The number of rotatable bonds is 14. The molecule has 5 nitrogen and oxygen atoms in total. The van der Waals surface area contributed by atoms with Crippen LogP contribution in [-0.4, -0.2) is 107 Å². The Balaban J connectivity index is -0.0000000266. The van der Waals surface area contributed by atoms with Gasteiger partial charge in [-0.25, -0.2) is 0 Å². The third-order valence-corrected chi connectivity index (χ3v) is 4.88. The first kappa shape index (κ1) is 72.8. The van der Waals surface area contributed by atoms with E-state index < -0.39 is 0 Å². The Hall–Kier alpha value is 4.84. The van der Waals surface area contributed by atoms with Crippen molar-refractivity contribution in [2.24, 2.45) is 5.73 Å². The molecule has 2 N–H and O–H groups in total. The van der Waals surface area contributed by atoms with E-state index in [0.29, 0.717) is 0 Å². The van der Waals surface area contributed by atoms with E-state index in [1.165, 1.54) is 51.9 Å². The summed E-state index contributed by atoms with van der Waals surface area (Å²) in [7, 11) is 8.69. The minimum Gasteiger partial charge on any atom is -0.330 e. The van der Waals surface area contributed by atoms with Crippen LogP contribution in [0.1, 0.15) is 96.4 Å². The maximum atomic E-state index is 5.14. The van der Waals surface area contributed by atoms with Crippen molar-refractivity contribution < 1.29 is 151 Å². The Bertz CT molecular complexity index is 226. The predicted molar refractivity (Wildman–Crippen MR) is 157 cm³/mol. The Morgan fingerprint density at radius 1 is 0.444 bits per heavy atom. The third kappa shape index (κ3) is 77.2. The zero-order valence-electron chi connectivity index (χ0n) is 24.0. The minimum atomic E-state index is 0. The average Bonchev–Trinajstić information content (AvgIpc) is 2.75. The molecule has 36 heavy (non-hydrogen) atoms. The van der Waals surface area contributed by atoms with E-state index in [-0.39, 0.29) is 173 Å². The molecule has 0 aliphatic rings. The minimum absolute atomic E-state index is 0. The molecule has 0 bridgehead atoms. The van der Waals surface area contributed by atoms with Gasteiger partial charge in [0.1, 0.15) is 0 Å². The fourth-order valence-electron chi connectivity index (χ4n) is 2.06. The van der Waals surface area contributed by atoms with E-state index in [1.807, 2.05) is 13.8 Å². The molecule has 0 saturated heterocycles. The maximum Gasteiger partial charge on any atom is 0 e. The molecule has 0 fully saturated rings. The first-order chi connectivity index (χ1) is 13.8. The first-order valence-corrected chi connectivity index (χ1v) is 12.3. The topological polar surface area (TPSA) is 39.0 Å². The van der Waals surface area contributed by atoms with Crippen molar-refractivity contribution in [2.75, 3.05) is 87.1 Å². The van der Waals surface area contributed by atoms with Gasteiger partial charge in [-0.2, -0.15) is 0 Å². The van der Waals surface area contributed by atoms with Gasteiger partial charge in [0, 0.05) is 151 Å². The van der Waals surface area contributed by atoms with Crippen LogP contribution >= 0.6 is 0 Å². The molecule has 0 heterocycles. The fraction of sp³-hybridized carbons (Fsp3) is 1.00. The molecule has 0 aliphatic carbocycles. The van der Waals surface area contributed by atoms with Crippen LogP contribution in [-0.2, 0) is 0 Å². The third-order valence-electron chi connectivity index (χ3n) is 4.88. The second kappa shape index (κ2) is 67.5. The zero-order chi connectivity index (χ0) is 23.5. The Morgan fingerprint density at radius 2 is 0.639 bits per heavy atom. The van der Waals surface area contributed by atoms with Crippen LogP contribution in [0.3, 0.4) is 0 Å². The van der Waals surface area contributed by atoms with Crippen molar-refractivity contribution in [3.8, 4) is 0 Å². The molecule has 0 aromatic heterocycles. The first-order valence-electron chi connectivity index (χ1n) is 12.3. The molecule has 0 amide bonds. The van der Waals surface area contributed by atoms with Gasteiger partial charge < -0.3 is 25.3 Å². The maximum absolute atomic E-state index is 5.14. The standard InChI is InChI=1S/2C9H22N2.C4H11N.C2H6.3CH4.4Ar/c2*1-5-10(3)8-7-9-11(4)6-2;1-2-3-4-5;1-2;;;;;;;/h2*5-9H2,1-4H3;2-5H2,1H3;1-2H3;3*1H4;;;;. The van der Waals surface area contributed by atoms with Crippen LogP contribution in [0, 0.1) is 151 Å². The van der Waals surface area contributed by atoms with Gasteiger partial charge in [0.25, 0.3) is 0 Å². The molecular formula is C27H73Ar4N5. The van der Waals surface area contributed by atoms with Crippen LogP contribution in [0.4, 0.5) is 0 Å². The SMILES string of the molecule is C.C.C.CC.CCCCN.CCN(C)CCCN(C)CC.CCN(C)CCCN(C)CC.[Ar].[Ar].[Ar].[Ar]. The smallest absolute Gasteiger partial charge is 0 e. The zero-order valence-corrected chi connectivity index (χ0v) is 26.8. The van der Waals surface area contributed by atoms with Crippen molar-refractivity contribution >= 4 is 0 Å². The summed E-state index contributed by atoms with van der Waals surface area (Å²) >= 11 is 0. The van der Waals surface area contributed by atoms with Gasteiger partial charge in [-0.05, 0) is 106 Å². The Morgan fingerprint density at radius 3 is 0.722 bits per heavy atom. The van der Waals surface area contributed by atoms with Crippen molar-refractivity contribution in [2.45, 2.75) is 96.4 Å². The van der Waals surface area contributed by atoms with Gasteiger partial charge in [-0.3, -0.25) is 0 Å². The fourth-order valence-corrected chi connectivity index (χ4v) is 2.06. The summed E-state index contributed by atoms with van der Waals surface area (Å²) < 4.78 is 0. The van der Waals surface area contributed by atoms with Crippen LogP contribution in [0.15, 0.2) is 0 Å². The molecule has 0 spiro atoms. The molecule has 0 aliphatic heterocycles. The monoisotopic (exact) mass is 627 g/mol. The normalized spacial score (nSPS) is 8.33. The average molecular weight is 628 g/mol. The van der Waals surface area contributed by atoms with E-state index in [2.05, 4.69) is 82.4 Å². The molecule has 0 unspecified atom stereocenters. The summed E-state index contributed by atoms with van der Waals surface area (Å²) in [5, 5.41) is 0. The molecule has 0 radical (unpaired) electrons. The van der Waals surface area contributed by atoms with E-state index in [4.69, 9.17) is 5.73 Å². The molecule has 238 valence electrons. The second-order valence-electron chi connectivity index (χ2n) is 7.43. The van der Waals surface area contributed by atoms with E-state index >= 15 is 0 Å². The molecular weight excluding hydrogens is 554 g/mol. The van der Waals surface area contributed by atoms with Gasteiger partial charge in [0.15, 0.2) is 0 Å². The predicted octanol–water partition coefficient (Wildman–Crippen LogP) is 6.24. The van der Waals surface area contributed by atoms with Crippen LogP contribution < -0.4 is 5.73 Å². The summed E-state index contributed by atoms with van der Waals surface area (Å²) in [5.41, 5.74) is 5.14. The van der Waals surface area contributed by atoms with Crippen LogP contribution in [0.5, 0.6) is 0 Å². The summed E-state index contributed by atoms with van der Waals surface area (Å²) in [5.74, 6) is 0. The molecule has 0 saturated carbocycles. The van der Waals surface area contributed by atoms with Gasteiger partial charge >= 0.3 is 0 Å². The van der Waals surface area contributed by atoms with Crippen molar-refractivity contribution in [3.05, 3.63) is 0 Å². The van der Waals surface area contributed by atoms with Gasteiger partial charge in [-0.15, -0.1) is 0 Å². The Kier molecular flexibility index (Phi) is 136. The summed E-state index contributed by atoms with van der Waals surface area (Å²) in [6.45, 7) is 25.3. The molecule has 0 atom stereocenters. The summed E-state index contributed by atoms with van der Waals surface area (Å²) in [6.07, 6.45) is 4.96. The summed E-state index contributed by atoms with van der Waals surface area (Å²) in [4.78, 5) is 9.40. The number of hydrogen-bond acceptors (Lipinski definition) is 5. The molecule has 0 rings (SSSR count).